The molecule has 0 heterocycles. The summed E-state index contributed by atoms with van der Waals surface area (Å²) in [7, 11) is 1.58. The van der Waals surface area contributed by atoms with E-state index in [2.05, 4.69) is 0 Å². The van der Waals surface area contributed by atoms with E-state index in [1.165, 1.54) is 17.0 Å². The summed E-state index contributed by atoms with van der Waals surface area (Å²) in [6.45, 7) is 3.00. The molecule has 1 N–H and O–H groups in total. The third kappa shape index (κ3) is 4.79. The van der Waals surface area contributed by atoms with Gasteiger partial charge in [0.1, 0.15) is 0 Å². The van der Waals surface area contributed by atoms with Gasteiger partial charge >= 0.3 is 0 Å². The average molecular weight is 243 g/mol. The van der Waals surface area contributed by atoms with E-state index in [0.717, 1.165) is 0 Å². The molecule has 0 amide bonds. The van der Waals surface area contributed by atoms with Gasteiger partial charge in [-0.05, 0) is 20.9 Å². The van der Waals surface area contributed by atoms with Gasteiger partial charge in [-0.25, -0.2) is 0 Å². The highest BCUT2D eigenvalue weighted by Gasteiger charge is 2.33. The molecule has 0 spiro atoms. The van der Waals surface area contributed by atoms with E-state index in [-0.39, 0.29) is 12.1 Å². The van der Waals surface area contributed by atoms with E-state index in [1.807, 2.05) is 0 Å². The Balaban J connectivity index is 2.67. The number of likely N-dealkylation sites (N-methyl/N-ethyl adjacent to an activating group) is 1. The maximum atomic E-state index is 13.9. The second-order valence-electron chi connectivity index (χ2n) is 5.06. The molecule has 0 saturated carbocycles. The smallest absolute Gasteiger partial charge is 0.285 e. The lowest BCUT2D eigenvalue weighted by Crippen LogP contribution is -2.41. The van der Waals surface area contributed by atoms with Gasteiger partial charge < -0.3 is 5.11 Å². The predicted molar refractivity (Wildman–Crippen MR) is 64.1 cm³/mol. The Labute approximate surface area is 101 Å². The number of rotatable bonds is 5. The molecule has 1 rings (SSSR count). The van der Waals surface area contributed by atoms with Gasteiger partial charge in [-0.15, -0.1) is 0 Å². The van der Waals surface area contributed by atoms with Gasteiger partial charge in [0.2, 0.25) is 0 Å². The Hall–Kier alpha value is -1.00. The van der Waals surface area contributed by atoms with E-state index < -0.39 is 18.1 Å². The van der Waals surface area contributed by atoms with Gasteiger partial charge in [0.05, 0.1) is 12.1 Å². The molecule has 0 aliphatic carbocycles. The normalized spacial score (nSPS) is 13.1. The molecule has 0 aliphatic heterocycles. The van der Waals surface area contributed by atoms with Gasteiger partial charge in [-0.2, -0.15) is 8.78 Å². The maximum absolute atomic E-state index is 13.9. The summed E-state index contributed by atoms with van der Waals surface area (Å²) in [4.78, 5) is 1.44. The first kappa shape index (κ1) is 14.1. The van der Waals surface area contributed by atoms with E-state index in [9.17, 15) is 13.9 Å². The number of benzene rings is 1. The summed E-state index contributed by atoms with van der Waals surface area (Å²) < 4.78 is 27.7. The van der Waals surface area contributed by atoms with Crippen LogP contribution in [0.15, 0.2) is 30.3 Å². The van der Waals surface area contributed by atoms with Crippen LogP contribution in [-0.4, -0.2) is 35.7 Å². The van der Waals surface area contributed by atoms with E-state index in [1.54, 1.807) is 39.1 Å². The van der Waals surface area contributed by atoms with Crippen LogP contribution in [0.25, 0.3) is 0 Å². The summed E-state index contributed by atoms with van der Waals surface area (Å²) in [6, 6.07) is 7.73. The standard InChI is InChI=1S/C13H19F2NO/c1-12(2,17)9-16(3)10-13(14,15)11-7-5-4-6-8-11/h4-8,17H,9-10H2,1-3H3. The van der Waals surface area contributed by atoms with Gasteiger partial charge in [0.25, 0.3) is 5.92 Å². The van der Waals surface area contributed by atoms with E-state index in [0.29, 0.717) is 0 Å². The Morgan fingerprint density at radius 1 is 1.12 bits per heavy atom. The molecule has 1 aromatic rings. The van der Waals surface area contributed by atoms with E-state index in [4.69, 9.17) is 0 Å². The molecule has 0 atom stereocenters. The zero-order valence-corrected chi connectivity index (χ0v) is 10.5. The number of alkyl halides is 2. The lowest BCUT2D eigenvalue weighted by molar-refractivity contribution is -0.0488. The molecule has 0 saturated heterocycles. The van der Waals surface area contributed by atoms with Crippen molar-refractivity contribution in [2.24, 2.45) is 0 Å². The first-order valence-corrected chi connectivity index (χ1v) is 5.55. The van der Waals surface area contributed by atoms with Crippen molar-refractivity contribution in [3.05, 3.63) is 35.9 Å². The average Bonchev–Trinajstić information content (AvgIpc) is 2.15. The Morgan fingerprint density at radius 3 is 2.12 bits per heavy atom. The summed E-state index contributed by atoms with van der Waals surface area (Å²) in [5.74, 6) is -2.90. The monoisotopic (exact) mass is 243 g/mol. The fourth-order valence-corrected chi connectivity index (χ4v) is 1.83. The second-order valence-corrected chi connectivity index (χ2v) is 5.06. The first-order chi connectivity index (χ1) is 7.71. The predicted octanol–water partition coefficient (Wildman–Crippen LogP) is 2.48. The Kier molecular flexibility index (Phi) is 4.22. The minimum absolute atomic E-state index is 0.00240. The largest absolute Gasteiger partial charge is 0.389 e. The first-order valence-electron chi connectivity index (χ1n) is 5.55. The zero-order valence-electron chi connectivity index (χ0n) is 10.5. The van der Waals surface area contributed by atoms with Crippen molar-refractivity contribution in [3.8, 4) is 0 Å². The van der Waals surface area contributed by atoms with Gasteiger partial charge in [-0.1, -0.05) is 30.3 Å². The second kappa shape index (κ2) is 5.10. The molecule has 2 nitrogen and oxygen atoms in total. The van der Waals surface area contributed by atoms with Crippen molar-refractivity contribution in [2.45, 2.75) is 25.4 Å². The molecular weight excluding hydrogens is 224 g/mol. The number of halogens is 2. The fraction of sp³-hybridized carbons (Fsp3) is 0.538. The molecule has 96 valence electrons. The number of hydrogen-bond acceptors (Lipinski definition) is 2. The number of nitrogens with zero attached hydrogens (tertiary/aromatic N) is 1. The summed E-state index contributed by atoms with van der Waals surface area (Å²) in [6.07, 6.45) is 0. The molecule has 0 radical (unpaired) electrons. The third-order valence-corrected chi connectivity index (χ3v) is 2.32. The topological polar surface area (TPSA) is 23.5 Å². The van der Waals surface area contributed by atoms with Crippen molar-refractivity contribution < 1.29 is 13.9 Å². The zero-order chi connectivity index (χ0) is 13.1. The van der Waals surface area contributed by atoms with Gasteiger partial charge in [0.15, 0.2) is 0 Å². The van der Waals surface area contributed by atoms with Crippen LogP contribution >= 0.6 is 0 Å². The highest BCUT2D eigenvalue weighted by molar-refractivity contribution is 5.20. The molecule has 0 unspecified atom stereocenters. The lowest BCUT2D eigenvalue weighted by atomic mass is 10.1. The molecule has 17 heavy (non-hydrogen) atoms. The third-order valence-electron chi connectivity index (χ3n) is 2.32. The van der Waals surface area contributed by atoms with Crippen LogP contribution in [0, 0.1) is 0 Å². The van der Waals surface area contributed by atoms with Crippen molar-refractivity contribution >= 4 is 0 Å². The lowest BCUT2D eigenvalue weighted by Gasteiger charge is -2.28. The quantitative estimate of drug-likeness (QED) is 0.858. The van der Waals surface area contributed by atoms with Crippen LogP contribution in [0.3, 0.4) is 0 Å². The molecule has 0 bridgehead atoms. The van der Waals surface area contributed by atoms with Crippen LogP contribution in [0.4, 0.5) is 8.78 Å². The molecular formula is C13H19F2NO. The Morgan fingerprint density at radius 2 is 1.65 bits per heavy atom. The van der Waals surface area contributed by atoms with Crippen molar-refractivity contribution in [3.63, 3.8) is 0 Å². The number of aliphatic hydroxyl groups is 1. The maximum Gasteiger partial charge on any atom is 0.285 e. The highest BCUT2D eigenvalue weighted by Crippen LogP contribution is 2.28. The minimum Gasteiger partial charge on any atom is -0.389 e. The van der Waals surface area contributed by atoms with Crippen LogP contribution < -0.4 is 0 Å². The van der Waals surface area contributed by atoms with Crippen LogP contribution in [0.2, 0.25) is 0 Å². The minimum atomic E-state index is -2.90. The highest BCUT2D eigenvalue weighted by atomic mass is 19.3. The molecule has 0 aliphatic rings. The van der Waals surface area contributed by atoms with E-state index >= 15 is 0 Å². The van der Waals surface area contributed by atoms with Crippen LogP contribution in [0.1, 0.15) is 19.4 Å². The number of hydrogen-bond donors (Lipinski definition) is 1. The van der Waals surface area contributed by atoms with Crippen molar-refractivity contribution in [1.82, 2.24) is 4.90 Å². The Bertz CT molecular complexity index is 346. The van der Waals surface area contributed by atoms with Gasteiger partial charge in [0, 0.05) is 12.1 Å². The van der Waals surface area contributed by atoms with Crippen molar-refractivity contribution in [1.29, 1.82) is 0 Å². The van der Waals surface area contributed by atoms with Crippen LogP contribution in [-0.2, 0) is 5.92 Å². The van der Waals surface area contributed by atoms with Crippen LogP contribution in [0.5, 0.6) is 0 Å². The molecule has 0 aromatic heterocycles. The molecule has 0 fully saturated rings. The summed E-state index contributed by atoms with van der Waals surface area (Å²) >= 11 is 0. The molecule has 4 heteroatoms. The summed E-state index contributed by atoms with van der Waals surface area (Å²) in [5.41, 5.74) is -0.968. The van der Waals surface area contributed by atoms with Crippen molar-refractivity contribution in [2.75, 3.05) is 20.1 Å². The molecule has 1 aromatic carbocycles. The SMILES string of the molecule is CN(CC(C)(C)O)CC(F)(F)c1ccccc1. The van der Waals surface area contributed by atoms with Gasteiger partial charge in [-0.3, -0.25) is 4.90 Å². The summed E-state index contributed by atoms with van der Waals surface area (Å²) in [5, 5.41) is 9.57. The fourth-order valence-electron chi connectivity index (χ4n) is 1.83.